The summed E-state index contributed by atoms with van der Waals surface area (Å²) in [6.07, 6.45) is 6.73. The van der Waals surface area contributed by atoms with Crippen molar-refractivity contribution in [2.45, 2.75) is 45.4 Å². The molecule has 1 amide bonds. The van der Waals surface area contributed by atoms with E-state index in [1.807, 2.05) is 46.1 Å². The molecular weight excluding hydrogens is 386 g/mol. The van der Waals surface area contributed by atoms with Gasteiger partial charge in [0.1, 0.15) is 10.7 Å². The molecule has 0 bridgehead atoms. The van der Waals surface area contributed by atoms with Crippen molar-refractivity contribution in [3.05, 3.63) is 58.0 Å². The normalized spacial score (nSPS) is 10.9. The minimum Gasteiger partial charge on any atom is -0.337 e. The summed E-state index contributed by atoms with van der Waals surface area (Å²) >= 11 is 3.13. The largest absolute Gasteiger partial charge is 0.337 e. The van der Waals surface area contributed by atoms with Crippen LogP contribution in [0.3, 0.4) is 0 Å². The van der Waals surface area contributed by atoms with Gasteiger partial charge in [-0.25, -0.2) is 9.97 Å². The molecule has 2 aromatic heterocycles. The number of carbonyl (C=O) groups is 1. The SMILES string of the molecule is CCCCCCCN(CCc1cscn1)C(=O)c1csc(-c2ccccc2)n1. The van der Waals surface area contributed by atoms with Crippen LogP contribution in [0.5, 0.6) is 0 Å². The summed E-state index contributed by atoms with van der Waals surface area (Å²) in [7, 11) is 0. The first-order valence-electron chi connectivity index (χ1n) is 9.95. The van der Waals surface area contributed by atoms with Crippen LogP contribution < -0.4 is 0 Å². The third kappa shape index (κ3) is 5.97. The monoisotopic (exact) mass is 413 g/mol. The van der Waals surface area contributed by atoms with Gasteiger partial charge in [-0.1, -0.05) is 62.9 Å². The van der Waals surface area contributed by atoms with E-state index in [-0.39, 0.29) is 5.91 Å². The second kappa shape index (κ2) is 11.1. The van der Waals surface area contributed by atoms with Crippen LogP contribution in [0.25, 0.3) is 10.6 Å². The van der Waals surface area contributed by atoms with Crippen LogP contribution in [0.4, 0.5) is 0 Å². The number of aromatic nitrogens is 2. The van der Waals surface area contributed by atoms with Gasteiger partial charge in [-0.2, -0.15) is 0 Å². The van der Waals surface area contributed by atoms with Gasteiger partial charge in [-0.05, 0) is 6.42 Å². The van der Waals surface area contributed by atoms with Gasteiger partial charge >= 0.3 is 0 Å². The molecule has 0 saturated carbocycles. The maximum Gasteiger partial charge on any atom is 0.273 e. The summed E-state index contributed by atoms with van der Waals surface area (Å²) in [5.74, 6) is 0.0316. The number of amides is 1. The quantitative estimate of drug-likeness (QED) is 0.366. The van der Waals surface area contributed by atoms with E-state index in [9.17, 15) is 4.79 Å². The number of carbonyl (C=O) groups excluding carboxylic acids is 1. The maximum absolute atomic E-state index is 13.1. The average Bonchev–Trinajstić information content (AvgIpc) is 3.42. The number of nitrogens with zero attached hydrogens (tertiary/aromatic N) is 3. The first kappa shape index (κ1) is 20.7. The molecule has 28 heavy (non-hydrogen) atoms. The van der Waals surface area contributed by atoms with Gasteiger partial charge in [-0.3, -0.25) is 4.79 Å². The standard InChI is InChI=1S/C22H27N3OS2/c1-2-3-4-5-9-13-25(14-12-19-15-27-17-23-19)22(26)20-16-28-21(24-20)18-10-7-6-8-11-18/h6-8,10-11,15-17H,2-5,9,12-14H2,1H3. The molecule has 0 N–H and O–H groups in total. The zero-order valence-corrected chi connectivity index (χ0v) is 18.0. The highest BCUT2D eigenvalue weighted by Crippen LogP contribution is 2.24. The number of unbranched alkanes of at least 4 members (excludes halogenated alkanes) is 4. The predicted molar refractivity (Wildman–Crippen MR) is 118 cm³/mol. The first-order valence-corrected chi connectivity index (χ1v) is 11.8. The summed E-state index contributed by atoms with van der Waals surface area (Å²) in [4.78, 5) is 24.0. The van der Waals surface area contributed by atoms with Gasteiger partial charge in [0.25, 0.3) is 5.91 Å². The molecule has 4 nitrogen and oxygen atoms in total. The van der Waals surface area contributed by atoms with E-state index in [1.165, 1.54) is 37.0 Å². The lowest BCUT2D eigenvalue weighted by molar-refractivity contribution is 0.0749. The molecule has 1 aromatic carbocycles. The molecule has 0 aliphatic rings. The Hall–Kier alpha value is -2.05. The van der Waals surface area contributed by atoms with Crippen molar-refractivity contribution in [1.29, 1.82) is 0 Å². The Morgan fingerprint density at radius 2 is 1.86 bits per heavy atom. The number of hydrogen-bond donors (Lipinski definition) is 0. The fraction of sp³-hybridized carbons (Fsp3) is 0.409. The van der Waals surface area contributed by atoms with Gasteiger partial charge in [0.15, 0.2) is 0 Å². The summed E-state index contributed by atoms with van der Waals surface area (Å²) in [5, 5.41) is 4.84. The summed E-state index contributed by atoms with van der Waals surface area (Å²) in [6.45, 7) is 3.69. The second-order valence-corrected chi connectivity index (χ2v) is 8.42. The Balaban J connectivity index is 1.65. The van der Waals surface area contributed by atoms with Crippen molar-refractivity contribution in [2.75, 3.05) is 13.1 Å². The third-order valence-electron chi connectivity index (χ3n) is 4.68. The zero-order valence-electron chi connectivity index (χ0n) is 16.3. The fourth-order valence-corrected chi connectivity index (χ4v) is 4.47. The number of benzene rings is 1. The molecule has 0 spiro atoms. The van der Waals surface area contributed by atoms with E-state index in [0.717, 1.165) is 35.7 Å². The summed E-state index contributed by atoms with van der Waals surface area (Å²) in [6, 6.07) is 10.0. The topological polar surface area (TPSA) is 46.1 Å². The van der Waals surface area contributed by atoms with E-state index < -0.39 is 0 Å². The number of hydrogen-bond acceptors (Lipinski definition) is 5. The number of rotatable bonds is 11. The smallest absolute Gasteiger partial charge is 0.273 e. The van der Waals surface area contributed by atoms with Crippen LogP contribution in [0.15, 0.2) is 46.6 Å². The van der Waals surface area contributed by atoms with Crippen molar-refractivity contribution in [3.63, 3.8) is 0 Å². The van der Waals surface area contributed by atoms with Crippen LogP contribution in [-0.4, -0.2) is 33.9 Å². The molecule has 3 rings (SSSR count). The van der Waals surface area contributed by atoms with Crippen molar-refractivity contribution in [2.24, 2.45) is 0 Å². The Morgan fingerprint density at radius 1 is 1.04 bits per heavy atom. The van der Waals surface area contributed by atoms with Crippen LogP contribution >= 0.6 is 22.7 Å². The lowest BCUT2D eigenvalue weighted by Gasteiger charge is -2.21. The van der Waals surface area contributed by atoms with Crippen LogP contribution in [0.2, 0.25) is 0 Å². The summed E-state index contributed by atoms with van der Waals surface area (Å²) < 4.78 is 0. The van der Waals surface area contributed by atoms with E-state index in [2.05, 4.69) is 22.3 Å². The minimum absolute atomic E-state index is 0.0316. The zero-order chi connectivity index (χ0) is 19.6. The second-order valence-electron chi connectivity index (χ2n) is 6.84. The molecule has 0 aliphatic carbocycles. The maximum atomic E-state index is 13.1. The van der Waals surface area contributed by atoms with E-state index >= 15 is 0 Å². The minimum atomic E-state index is 0.0316. The van der Waals surface area contributed by atoms with Gasteiger partial charge in [0.2, 0.25) is 0 Å². The molecule has 0 radical (unpaired) electrons. The molecular formula is C22H27N3OS2. The molecule has 3 aromatic rings. The van der Waals surface area contributed by atoms with Gasteiger partial charge in [-0.15, -0.1) is 22.7 Å². The molecule has 0 atom stereocenters. The predicted octanol–water partition coefficient (Wildman–Crippen LogP) is 5.92. The van der Waals surface area contributed by atoms with E-state index in [0.29, 0.717) is 12.2 Å². The van der Waals surface area contributed by atoms with Crippen molar-refractivity contribution in [1.82, 2.24) is 14.9 Å². The van der Waals surface area contributed by atoms with E-state index in [4.69, 9.17) is 0 Å². The van der Waals surface area contributed by atoms with Crippen LogP contribution in [0.1, 0.15) is 55.2 Å². The van der Waals surface area contributed by atoms with Crippen molar-refractivity contribution < 1.29 is 4.79 Å². The summed E-state index contributed by atoms with van der Waals surface area (Å²) in [5.41, 5.74) is 4.51. The highest BCUT2D eigenvalue weighted by atomic mass is 32.1. The Kier molecular flexibility index (Phi) is 8.18. The van der Waals surface area contributed by atoms with Crippen LogP contribution in [-0.2, 0) is 6.42 Å². The van der Waals surface area contributed by atoms with Crippen LogP contribution in [0, 0.1) is 0 Å². The van der Waals surface area contributed by atoms with E-state index in [1.54, 1.807) is 11.3 Å². The third-order valence-corrected chi connectivity index (χ3v) is 6.21. The molecule has 148 valence electrons. The molecule has 0 fully saturated rings. The Labute approximate surface area is 175 Å². The average molecular weight is 414 g/mol. The molecule has 2 heterocycles. The lowest BCUT2D eigenvalue weighted by Crippen LogP contribution is -2.34. The molecule has 0 saturated heterocycles. The molecule has 0 aliphatic heterocycles. The molecule has 0 unspecified atom stereocenters. The Morgan fingerprint density at radius 3 is 2.61 bits per heavy atom. The highest BCUT2D eigenvalue weighted by Gasteiger charge is 2.19. The van der Waals surface area contributed by atoms with Gasteiger partial charge in [0.05, 0.1) is 11.2 Å². The lowest BCUT2D eigenvalue weighted by atomic mass is 10.1. The fourth-order valence-electron chi connectivity index (χ4n) is 3.08. The van der Waals surface area contributed by atoms with Crippen molar-refractivity contribution >= 4 is 28.6 Å². The Bertz CT molecular complexity index is 831. The molecule has 6 heteroatoms. The van der Waals surface area contributed by atoms with Gasteiger partial charge in [0, 0.05) is 35.8 Å². The first-order chi connectivity index (χ1) is 13.8. The highest BCUT2D eigenvalue weighted by molar-refractivity contribution is 7.13. The van der Waals surface area contributed by atoms with Crippen molar-refractivity contribution in [3.8, 4) is 10.6 Å². The van der Waals surface area contributed by atoms with Gasteiger partial charge < -0.3 is 4.90 Å². The number of thiazole rings is 2.